The second-order valence-corrected chi connectivity index (χ2v) is 5.53. The van der Waals surface area contributed by atoms with Gasteiger partial charge in [0.05, 0.1) is 6.61 Å². The lowest BCUT2D eigenvalue weighted by Crippen LogP contribution is -2.03. The minimum absolute atomic E-state index is 0.308. The highest BCUT2D eigenvalue weighted by atomic mass is 16.5. The third kappa shape index (κ3) is 4.29. The van der Waals surface area contributed by atoms with Gasteiger partial charge in [0, 0.05) is 18.5 Å². The predicted octanol–water partition coefficient (Wildman–Crippen LogP) is 4.42. The second kappa shape index (κ2) is 8.06. The van der Waals surface area contributed by atoms with Crippen LogP contribution in [0.15, 0.2) is 73.1 Å². The van der Waals surface area contributed by atoms with Crippen LogP contribution >= 0.6 is 0 Å². The third-order valence-electron chi connectivity index (χ3n) is 3.83. The molecule has 0 atom stereocenters. The molecule has 24 heavy (non-hydrogen) atoms. The summed E-state index contributed by atoms with van der Waals surface area (Å²) >= 11 is 0. The molecule has 0 spiro atoms. The Labute approximate surface area is 141 Å². The molecule has 0 aliphatic rings. The Bertz CT molecular complexity index is 835. The Morgan fingerprint density at radius 3 is 2.67 bits per heavy atom. The van der Waals surface area contributed by atoms with E-state index in [1.165, 1.54) is 11.6 Å². The Balaban J connectivity index is 1.52. The van der Waals surface area contributed by atoms with Crippen molar-refractivity contribution in [2.75, 3.05) is 6.61 Å². The molecular weight excluding hydrogens is 298 g/mol. The average molecular weight is 317 g/mol. The van der Waals surface area contributed by atoms with Crippen LogP contribution in [0.4, 0.5) is 0 Å². The van der Waals surface area contributed by atoms with E-state index in [0.717, 1.165) is 29.2 Å². The SMILES string of the molecule is O=C(/C=C/c1cccc2ccccc12)OCCCc1ccncc1. The van der Waals surface area contributed by atoms with Crippen LogP contribution in [-0.2, 0) is 16.0 Å². The summed E-state index contributed by atoms with van der Waals surface area (Å²) in [4.78, 5) is 15.8. The number of carbonyl (C=O) groups is 1. The molecule has 0 saturated heterocycles. The number of hydrogen-bond acceptors (Lipinski definition) is 3. The molecule has 3 nitrogen and oxygen atoms in total. The Morgan fingerprint density at radius 1 is 1.00 bits per heavy atom. The first-order valence-corrected chi connectivity index (χ1v) is 8.04. The molecule has 0 aliphatic heterocycles. The van der Waals surface area contributed by atoms with Crippen molar-refractivity contribution in [2.45, 2.75) is 12.8 Å². The van der Waals surface area contributed by atoms with Gasteiger partial charge in [-0.3, -0.25) is 4.98 Å². The number of ether oxygens (including phenoxy) is 1. The van der Waals surface area contributed by atoms with Crippen molar-refractivity contribution in [1.82, 2.24) is 4.98 Å². The number of fused-ring (bicyclic) bond motifs is 1. The fourth-order valence-electron chi connectivity index (χ4n) is 2.60. The molecule has 0 amide bonds. The van der Waals surface area contributed by atoms with Gasteiger partial charge in [0.2, 0.25) is 0 Å². The first-order valence-electron chi connectivity index (χ1n) is 8.04. The minimum atomic E-state index is -0.308. The molecule has 0 bridgehead atoms. The van der Waals surface area contributed by atoms with Crippen LogP contribution in [-0.4, -0.2) is 17.6 Å². The Kier molecular flexibility index (Phi) is 5.36. The fraction of sp³-hybridized carbons (Fsp3) is 0.143. The molecule has 3 aromatic rings. The van der Waals surface area contributed by atoms with E-state index in [2.05, 4.69) is 23.2 Å². The van der Waals surface area contributed by atoms with Crippen molar-refractivity contribution in [1.29, 1.82) is 0 Å². The van der Waals surface area contributed by atoms with Crippen molar-refractivity contribution >= 4 is 22.8 Å². The number of benzene rings is 2. The molecule has 3 heteroatoms. The maximum Gasteiger partial charge on any atom is 0.330 e. The Hall–Kier alpha value is -2.94. The van der Waals surface area contributed by atoms with Crippen LogP contribution in [0.25, 0.3) is 16.8 Å². The summed E-state index contributed by atoms with van der Waals surface area (Å²) < 4.78 is 5.26. The number of pyridine rings is 1. The van der Waals surface area contributed by atoms with E-state index in [-0.39, 0.29) is 5.97 Å². The second-order valence-electron chi connectivity index (χ2n) is 5.53. The average Bonchev–Trinajstić information content (AvgIpc) is 2.64. The zero-order valence-electron chi connectivity index (χ0n) is 13.4. The number of aryl methyl sites for hydroxylation is 1. The number of esters is 1. The molecule has 120 valence electrons. The summed E-state index contributed by atoms with van der Waals surface area (Å²) in [6.45, 7) is 0.418. The molecule has 0 radical (unpaired) electrons. The molecule has 3 rings (SSSR count). The predicted molar refractivity (Wildman–Crippen MR) is 96.5 cm³/mol. The largest absolute Gasteiger partial charge is 0.463 e. The van der Waals surface area contributed by atoms with E-state index < -0.39 is 0 Å². The van der Waals surface area contributed by atoms with Gasteiger partial charge in [-0.05, 0) is 52.9 Å². The van der Waals surface area contributed by atoms with E-state index in [4.69, 9.17) is 4.74 Å². The summed E-state index contributed by atoms with van der Waals surface area (Å²) in [6, 6.07) is 18.1. The summed E-state index contributed by atoms with van der Waals surface area (Å²) in [6.07, 6.45) is 8.53. The normalized spacial score (nSPS) is 11.0. The summed E-state index contributed by atoms with van der Waals surface area (Å²) in [5.74, 6) is -0.308. The van der Waals surface area contributed by atoms with E-state index in [1.54, 1.807) is 12.4 Å². The van der Waals surface area contributed by atoms with Gasteiger partial charge in [0.1, 0.15) is 0 Å². The van der Waals surface area contributed by atoms with Gasteiger partial charge in [0.15, 0.2) is 0 Å². The van der Waals surface area contributed by atoms with Gasteiger partial charge in [-0.2, -0.15) is 0 Å². The number of rotatable bonds is 6. The smallest absolute Gasteiger partial charge is 0.330 e. The van der Waals surface area contributed by atoms with Crippen molar-refractivity contribution in [3.63, 3.8) is 0 Å². The highest BCUT2D eigenvalue weighted by Gasteiger charge is 2.00. The molecular formula is C21H19NO2. The van der Waals surface area contributed by atoms with Gasteiger partial charge in [-0.25, -0.2) is 4.79 Å². The molecule has 0 fully saturated rings. The molecule has 2 aromatic carbocycles. The fourth-order valence-corrected chi connectivity index (χ4v) is 2.60. The zero-order valence-corrected chi connectivity index (χ0v) is 13.4. The number of hydrogen-bond donors (Lipinski definition) is 0. The van der Waals surface area contributed by atoms with Crippen LogP contribution in [0, 0.1) is 0 Å². The van der Waals surface area contributed by atoms with E-state index >= 15 is 0 Å². The van der Waals surface area contributed by atoms with Crippen molar-refractivity contribution in [2.24, 2.45) is 0 Å². The zero-order chi connectivity index (χ0) is 16.6. The van der Waals surface area contributed by atoms with Gasteiger partial charge in [-0.15, -0.1) is 0 Å². The first-order chi connectivity index (χ1) is 11.8. The number of nitrogens with zero attached hydrogens (tertiary/aromatic N) is 1. The number of aromatic nitrogens is 1. The maximum absolute atomic E-state index is 11.8. The number of carbonyl (C=O) groups excluding carboxylic acids is 1. The van der Waals surface area contributed by atoms with Crippen LogP contribution in [0.5, 0.6) is 0 Å². The van der Waals surface area contributed by atoms with Crippen LogP contribution in [0.2, 0.25) is 0 Å². The van der Waals surface area contributed by atoms with Crippen molar-refractivity contribution in [3.8, 4) is 0 Å². The van der Waals surface area contributed by atoms with Gasteiger partial charge in [-0.1, -0.05) is 42.5 Å². The highest BCUT2D eigenvalue weighted by molar-refractivity contribution is 5.94. The summed E-state index contributed by atoms with van der Waals surface area (Å²) in [5, 5.41) is 2.28. The van der Waals surface area contributed by atoms with E-state index in [0.29, 0.717) is 6.61 Å². The first kappa shape index (κ1) is 15.9. The minimum Gasteiger partial charge on any atom is -0.463 e. The van der Waals surface area contributed by atoms with Crippen molar-refractivity contribution in [3.05, 3.63) is 84.2 Å². The quantitative estimate of drug-likeness (QED) is 0.384. The van der Waals surface area contributed by atoms with Gasteiger partial charge in [0.25, 0.3) is 0 Å². The van der Waals surface area contributed by atoms with Crippen LogP contribution < -0.4 is 0 Å². The van der Waals surface area contributed by atoms with E-state index in [9.17, 15) is 4.79 Å². The molecule has 0 saturated carbocycles. The van der Waals surface area contributed by atoms with E-state index in [1.807, 2.05) is 42.5 Å². The maximum atomic E-state index is 11.8. The molecule has 0 N–H and O–H groups in total. The molecule has 0 unspecified atom stereocenters. The topological polar surface area (TPSA) is 39.2 Å². The lowest BCUT2D eigenvalue weighted by atomic mass is 10.0. The monoisotopic (exact) mass is 317 g/mol. The third-order valence-corrected chi connectivity index (χ3v) is 3.83. The van der Waals surface area contributed by atoms with Gasteiger partial charge < -0.3 is 4.74 Å². The standard InChI is InChI=1S/C21H19NO2/c23-21(24-16-4-5-17-12-14-22-15-13-17)11-10-19-8-3-7-18-6-1-2-9-20(18)19/h1-3,6-15H,4-5,16H2/b11-10+. The molecule has 0 aliphatic carbocycles. The summed E-state index contributed by atoms with van der Waals surface area (Å²) in [7, 11) is 0. The molecule has 1 aromatic heterocycles. The summed E-state index contributed by atoms with van der Waals surface area (Å²) in [5.41, 5.74) is 2.22. The van der Waals surface area contributed by atoms with Crippen molar-refractivity contribution < 1.29 is 9.53 Å². The van der Waals surface area contributed by atoms with Crippen LogP contribution in [0.1, 0.15) is 17.5 Å². The lowest BCUT2D eigenvalue weighted by Gasteiger charge is -2.03. The lowest BCUT2D eigenvalue weighted by molar-refractivity contribution is -0.137. The Morgan fingerprint density at radius 2 is 1.79 bits per heavy atom. The molecule has 1 heterocycles. The van der Waals surface area contributed by atoms with Crippen LogP contribution in [0.3, 0.4) is 0 Å². The highest BCUT2D eigenvalue weighted by Crippen LogP contribution is 2.19. The van der Waals surface area contributed by atoms with Gasteiger partial charge >= 0.3 is 5.97 Å².